The molecule has 162 valence electrons. The van der Waals surface area contributed by atoms with Crippen LogP contribution in [0.2, 0.25) is 0 Å². The first kappa shape index (κ1) is 20.3. The van der Waals surface area contributed by atoms with Gasteiger partial charge in [0.1, 0.15) is 23.2 Å². The van der Waals surface area contributed by atoms with Crippen LogP contribution in [0.3, 0.4) is 0 Å². The van der Waals surface area contributed by atoms with Crippen molar-refractivity contribution in [2.75, 3.05) is 11.4 Å². The van der Waals surface area contributed by atoms with Gasteiger partial charge in [-0.05, 0) is 60.4 Å². The Labute approximate surface area is 184 Å². The summed E-state index contributed by atoms with van der Waals surface area (Å²) in [4.78, 5) is 19.2. The van der Waals surface area contributed by atoms with Crippen molar-refractivity contribution in [3.8, 4) is 0 Å². The lowest BCUT2D eigenvalue weighted by Gasteiger charge is -2.26. The second-order valence-electron chi connectivity index (χ2n) is 8.14. The summed E-state index contributed by atoms with van der Waals surface area (Å²) in [5.74, 6) is 0.130. The molecule has 2 aromatic carbocycles. The van der Waals surface area contributed by atoms with Gasteiger partial charge in [-0.25, -0.2) is 18.3 Å². The zero-order valence-electron chi connectivity index (χ0n) is 17.4. The number of hydrogen-bond donors (Lipinski definition) is 0. The monoisotopic (exact) mass is 432 g/mol. The summed E-state index contributed by atoms with van der Waals surface area (Å²) >= 11 is 0. The Kier molecular flexibility index (Phi) is 5.39. The fourth-order valence-corrected chi connectivity index (χ4v) is 4.43. The first-order chi connectivity index (χ1) is 15.6. The first-order valence-electron chi connectivity index (χ1n) is 10.7. The van der Waals surface area contributed by atoms with Gasteiger partial charge in [0.25, 0.3) is 0 Å². The molecule has 0 radical (unpaired) electrons. The van der Waals surface area contributed by atoms with E-state index in [1.807, 2.05) is 18.2 Å². The highest BCUT2D eigenvalue weighted by Gasteiger charge is 2.28. The normalized spacial score (nSPS) is 16.1. The van der Waals surface area contributed by atoms with Crippen LogP contribution < -0.4 is 4.90 Å². The van der Waals surface area contributed by atoms with Crippen LogP contribution in [0.25, 0.3) is 5.65 Å². The Bertz CT molecular complexity index is 1290. The van der Waals surface area contributed by atoms with E-state index in [1.54, 1.807) is 35.0 Å². The number of ketones is 1. The average Bonchev–Trinajstić information content (AvgIpc) is 3.41. The molecule has 0 spiro atoms. The molecule has 1 fully saturated rings. The van der Waals surface area contributed by atoms with Gasteiger partial charge in [0.2, 0.25) is 0 Å². The molecule has 7 heteroatoms. The van der Waals surface area contributed by atoms with E-state index in [2.05, 4.69) is 9.88 Å². The molecular formula is C25H22F2N4O. The maximum atomic E-state index is 13.8. The summed E-state index contributed by atoms with van der Waals surface area (Å²) in [6.07, 6.45) is 3.87. The van der Waals surface area contributed by atoms with E-state index in [0.29, 0.717) is 16.9 Å². The first-order valence-corrected chi connectivity index (χ1v) is 10.7. The number of nitrogens with zero attached hydrogens (tertiary/aromatic N) is 4. The molecule has 1 aliphatic heterocycles. The van der Waals surface area contributed by atoms with Crippen molar-refractivity contribution in [1.29, 1.82) is 0 Å². The third-order valence-corrected chi connectivity index (χ3v) is 5.87. The van der Waals surface area contributed by atoms with Crippen LogP contribution in [-0.4, -0.2) is 26.9 Å². The van der Waals surface area contributed by atoms with Gasteiger partial charge in [0.15, 0.2) is 5.65 Å². The minimum absolute atomic E-state index is 0.0385. The van der Waals surface area contributed by atoms with Crippen LogP contribution in [0.5, 0.6) is 0 Å². The lowest BCUT2D eigenvalue weighted by Crippen LogP contribution is -2.24. The van der Waals surface area contributed by atoms with Gasteiger partial charge in [-0.2, -0.15) is 0 Å². The molecular weight excluding hydrogens is 410 g/mol. The summed E-state index contributed by atoms with van der Waals surface area (Å²) in [5, 5.41) is 4.76. The van der Waals surface area contributed by atoms with Gasteiger partial charge in [-0.1, -0.05) is 24.3 Å². The van der Waals surface area contributed by atoms with Crippen molar-refractivity contribution >= 4 is 17.2 Å². The maximum Gasteiger partial charge on any atom is 0.153 e. The molecule has 3 heterocycles. The third-order valence-electron chi connectivity index (χ3n) is 5.87. The van der Waals surface area contributed by atoms with Crippen molar-refractivity contribution in [1.82, 2.24) is 14.6 Å². The third kappa shape index (κ3) is 4.10. The average molecular weight is 432 g/mol. The number of halogens is 2. The Morgan fingerprint density at radius 2 is 1.81 bits per heavy atom. The molecule has 1 aliphatic rings. The molecule has 1 atom stereocenters. The number of fused-ring (bicyclic) bond motifs is 1. The number of rotatable bonds is 6. The number of hydrogen-bond acceptors (Lipinski definition) is 4. The zero-order chi connectivity index (χ0) is 22.1. The second kappa shape index (κ2) is 8.49. The van der Waals surface area contributed by atoms with Crippen molar-refractivity contribution in [2.24, 2.45) is 0 Å². The Balaban J connectivity index is 1.39. The molecule has 32 heavy (non-hydrogen) atoms. The highest BCUT2D eigenvalue weighted by atomic mass is 19.1. The predicted octanol–water partition coefficient (Wildman–Crippen LogP) is 4.70. The smallest absolute Gasteiger partial charge is 0.153 e. The van der Waals surface area contributed by atoms with Gasteiger partial charge in [0, 0.05) is 13.0 Å². The number of imidazole rings is 1. The molecule has 1 saturated heterocycles. The lowest BCUT2D eigenvalue weighted by atomic mass is 10.0. The Morgan fingerprint density at radius 3 is 2.62 bits per heavy atom. The van der Waals surface area contributed by atoms with E-state index in [-0.39, 0.29) is 36.3 Å². The van der Waals surface area contributed by atoms with Gasteiger partial charge in [0.05, 0.1) is 24.4 Å². The molecule has 5 rings (SSSR count). The summed E-state index contributed by atoms with van der Waals surface area (Å²) < 4.78 is 28.9. The van der Waals surface area contributed by atoms with Crippen LogP contribution in [0, 0.1) is 11.6 Å². The van der Waals surface area contributed by atoms with Gasteiger partial charge < -0.3 is 4.90 Å². The van der Waals surface area contributed by atoms with Crippen molar-refractivity contribution < 1.29 is 13.6 Å². The lowest BCUT2D eigenvalue weighted by molar-refractivity contribution is -0.117. The highest BCUT2D eigenvalue weighted by Crippen LogP contribution is 2.35. The van der Waals surface area contributed by atoms with E-state index >= 15 is 0 Å². The standard InChI is InChI=1S/C25H22F2N4O/c26-19-6-1-4-17(12-19)13-22(32)15-21-16-28-24-9-10-25(29-31(21)24)30-11-3-8-23(30)18-5-2-7-20(27)14-18/h1-2,4-7,9-10,12,14,16,23H,3,8,11,13,15H2. The molecule has 1 unspecified atom stereocenters. The topological polar surface area (TPSA) is 50.5 Å². The molecule has 2 aromatic heterocycles. The van der Waals surface area contributed by atoms with Crippen molar-refractivity contribution in [3.05, 3.63) is 95.3 Å². The van der Waals surface area contributed by atoms with E-state index in [4.69, 9.17) is 5.10 Å². The van der Waals surface area contributed by atoms with Gasteiger partial charge in [-0.15, -0.1) is 5.10 Å². The zero-order valence-corrected chi connectivity index (χ0v) is 17.4. The fourth-order valence-electron chi connectivity index (χ4n) is 4.43. The van der Waals surface area contributed by atoms with Crippen LogP contribution in [0.15, 0.2) is 66.9 Å². The second-order valence-corrected chi connectivity index (χ2v) is 8.14. The quantitative estimate of drug-likeness (QED) is 0.443. The molecule has 5 nitrogen and oxygen atoms in total. The van der Waals surface area contributed by atoms with E-state index in [0.717, 1.165) is 30.8 Å². The molecule has 4 aromatic rings. The van der Waals surface area contributed by atoms with Gasteiger partial charge in [-0.3, -0.25) is 4.79 Å². The minimum Gasteiger partial charge on any atom is -0.348 e. The van der Waals surface area contributed by atoms with E-state index in [1.165, 1.54) is 18.2 Å². The predicted molar refractivity (Wildman–Crippen MR) is 118 cm³/mol. The summed E-state index contributed by atoms with van der Waals surface area (Å²) in [5.41, 5.74) is 2.92. The SMILES string of the molecule is O=C(Cc1cccc(F)c1)Cc1cnc2ccc(N3CCCC3c3cccc(F)c3)nn12. The molecule has 0 saturated carbocycles. The Morgan fingerprint density at radius 1 is 1.00 bits per heavy atom. The molecule has 0 N–H and O–H groups in total. The number of Topliss-reactive ketones (excluding diaryl/α,β-unsaturated/α-hetero) is 1. The number of benzene rings is 2. The number of anilines is 1. The maximum absolute atomic E-state index is 13.8. The fraction of sp³-hybridized carbons (Fsp3) is 0.240. The number of aromatic nitrogens is 3. The van der Waals surface area contributed by atoms with Crippen molar-refractivity contribution in [2.45, 2.75) is 31.7 Å². The number of carbonyl (C=O) groups excluding carboxylic acids is 1. The highest BCUT2D eigenvalue weighted by molar-refractivity contribution is 5.82. The van der Waals surface area contributed by atoms with Crippen molar-refractivity contribution in [3.63, 3.8) is 0 Å². The van der Waals surface area contributed by atoms with Crippen LogP contribution >= 0.6 is 0 Å². The van der Waals surface area contributed by atoms with Crippen LogP contribution in [0.4, 0.5) is 14.6 Å². The molecule has 0 amide bonds. The van der Waals surface area contributed by atoms with Crippen LogP contribution in [-0.2, 0) is 17.6 Å². The van der Waals surface area contributed by atoms with Gasteiger partial charge >= 0.3 is 0 Å². The minimum atomic E-state index is -0.352. The molecule has 0 aliphatic carbocycles. The summed E-state index contributed by atoms with van der Waals surface area (Å²) in [7, 11) is 0. The largest absolute Gasteiger partial charge is 0.348 e. The van der Waals surface area contributed by atoms with E-state index in [9.17, 15) is 13.6 Å². The van der Waals surface area contributed by atoms with E-state index < -0.39 is 0 Å². The summed E-state index contributed by atoms with van der Waals surface area (Å²) in [6, 6.07) is 16.6. The number of carbonyl (C=O) groups is 1. The molecule has 0 bridgehead atoms. The Hall–Kier alpha value is -3.61. The summed E-state index contributed by atoms with van der Waals surface area (Å²) in [6.45, 7) is 0.822. The van der Waals surface area contributed by atoms with Crippen LogP contribution in [0.1, 0.15) is 35.7 Å².